The second-order valence-electron chi connectivity index (χ2n) is 3.80. The third-order valence-electron chi connectivity index (χ3n) is 2.23. The summed E-state index contributed by atoms with van der Waals surface area (Å²) in [4.78, 5) is 0. The highest BCUT2D eigenvalue weighted by atomic mass is 35.5. The molecule has 84 valence electrons. The van der Waals surface area contributed by atoms with Crippen molar-refractivity contribution in [2.75, 3.05) is 0 Å². The zero-order valence-corrected chi connectivity index (χ0v) is 10.5. The van der Waals surface area contributed by atoms with E-state index in [1.807, 2.05) is 38.1 Å². The lowest BCUT2D eigenvalue weighted by Crippen LogP contribution is -2.03. The van der Waals surface area contributed by atoms with Crippen molar-refractivity contribution in [2.45, 2.75) is 19.8 Å². The van der Waals surface area contributed by atoms with Gasteiger partial charge in [0.25, 0.3) is 0 Å². The van der Waals surface area contributed by atoms with Gasteiger partial charge in [-0.1, -0.05) is 31.5 Å². The van der Waals surface area contributed by atoms with E-state index in [-0.39, 0.29) is 5.92 Å². The summed E-state index contributed by atoms with van der Waals surface area (Å²) >= 11 is 12.0. The zero-order chi connectivity index (χ0) is 11.7. The molecule has 2 aromatic rings. The number of hydrogen-bond acceptors (Lipinski definition) is 2. The predicted molar refractivity (Wildman–Crippen MR) is 65.5 cm³/mol. The van der Waals surface area contributed by atoms with Crippen LogP contribution < -0.4 is 0 Å². The fourth-order valence-electron chi connectivity index (χ4n) is 1.50. The number of benzene rings is 1. The van der Waals surface area contributed by atoms with E-state index >= 15 is 0 Å². The summed E-state index contributed by atoms with van der Waals surface area (Å²) in [5.41, 5.74) is 0.881. The average molecular weight is 256 g/mol. The fourth-order valence-corrected chi connectivity index (χ4v) is 1.91. The zero-order valence-electron chi connectivity index (χ0n) is 8.98. The molecule has 0 bridgehead atoms. The van der Waals surface area contributed by atoms with Crippen LogP contribution >= 0.6 is 23.2 Å². The smallest absolute Gasteiger partial charge is 0.229 e. The second-order valence-corrected chi connectivity index (χ2v) is 4.57. The molecule has 16 heavy (non-hydrogen) atoms. The van der Waals surface area contributed by atoms with Crippen LogP contribution in [0.25, 0.3) is 5.69 Å². The molecule has 2 rings (SSSR count). The molecular weight excluding hydrogens is 245 g/mol. The summed E-state index contributed by atoms with van der Waals surface area (Å²) in [6, 6.07) is 7.45. The molecule has 0 saturated heterocycles. The molecule has 0 amide bonds. The Kier molecular flexibility index (Phi) is 3.17. The van der Waals surface area contributed by atoms with E-state index in [4.69, 9.17) is 23.2 Å². The van der Waals surface area contributed by atoms with Gasteiger partial charge in [-0.05, 0) is 29.8 Å². The third-order valence-corrected chi connectivity index (χ3v) is 2.71. The van der Waals surface area contributed by atoms with Gasteiger partial charge in [0.05, 0.1) is 5.69 Å². The molecule has 1 heterocycles. The van der Waals surface area contributed by atoms with E-state index in [1.54, 1.807) is 4.57 Å². The van der Waals surface area contributed by atoms with Crippen LogP contribution in [0.1, 0.15) is 25.6 Å². The van der Waals surface area contributed by atoms with Gasteiger partial charge in [0, 0.05) is 10.9 Å². The Bertz CT molecular complexity index is 506. The van der Waals surface area contributed by atoms with E-state index < -0.39 is 0 Å². The van der Waals surface area contributed by atoms with Gasteiger partial charge in [0.15, 0.2) is 0 Å². The Balaban J connectivity index is 2.59. The average Bonchev–Trinajstić information content (AvgIpc) is 2.60. The van der Waals surface area contributed by atoms with Crippen LogP contribution in [0.5, 0.6) is 0 Å². The van der Waals surface area contributed by atoms with Crippen molar-refractivity contribution >= 4 is 23.2 Å². The molecule has 0 aliphatic carbocycles. The second kappa shape index (κ2) is 4.44. The topological polar surface area (TPSA) is 30.7 Å². The van der Waals surface area contributed by atoms with Gasteiger partial charge < -0.3 is 0 Å². The molecule has 0 spiro atoms. The Morgan fingerprint density at radius 1 is 1.19 bits per heavy atom. The van der Waals surface area contributed by atoms with Crippen LogP contribution in [0.15, 0.2) is 24.3 Å². The maximum Gasteiger partial charge on any atom is 0.229 e. The SMILES string of the molecule is CC(C)c1nnc(Cl)n1-c1cccc(Cl)c1. The van der Waals surface area contributed by atoms with Crippen LogP contribution in [0.2, 0.25) is 10.3 Å². The van der Waals surface area contributed by atoms with Crippen molar-refractivity contribution < 1.29 is 0 Å². The number of nitrogens with zero attached hydrogens (tertiary/aromatic N) is 3. The quantitative estimate of drug-likeness (QED) is 0.820. The number of aromatic nitrogens is 3. The lowest BCUT2D eigenvalue weighted by Gasteiger charge is -2.09. The highest BCUT2D eigenvalue weighted by Crippen LogP contribution is 2.23. The first kappa shape index (κ1) is 11.4. The van der Waals surface area contributed by atoms with E-state index in [2.05, 4.69) is 10.2 Å². The van der Waals surface area contributed by atoms with Gasteiger partial charge in [-0.3, -0.25) is 4.57 Å². The minimum atomic E-state index is 0.249. The van der Waals surface area contributed by atoms with Crippen molar-refractivity contribution in [1.82, 2.24) is 14.8 Å². The number of rotatable bonds is 2. The maximum atomic E-state index is 6.02. The number of halogens is 2. The van der Waals surface area contributed by atoms with Gasteiger partial charge in [0.1, 0.15) is 5.82 Å². The summed E-state index contributed by atoms with van der Waals surface area (Å²) in [6.45, 7) is 4.09. The van der Waals surface area contributed by atoms with Crippen LogP contribution in [-0.2, 0) is 0 Å². The van der Waals surface area contributed by atoms with Gasteiger partial charge in [0.2, 0.25) is 5.28 Å². The molecule has 0 N–H and O–H groups in total. The Morgan fingerprint density at radius 3 is 2.56 bits per heavy atom. The molecule has 0 aliphatic rings. The highest BCUT2D eigenvalue weighted by Gasteiger charge is 2.14. The largest absolute Gasteiger partial charge is 0.269 e. The predicted octanol–water partition coefficient (Wildman–Crippen LogP) is 3.70. The first-order valence-corrected chi connectivity index (χ1v) is 5.72. The molecule has 0 saturated carbocycles. The monoisotopic (exact) mass is 255 g/mol. The van der Waals surface area contributed by atoms with Crippen molar-refractivity contribution in [3.8, 4) is 5.69 Å². The van der Waals surface area contributed by atoms with Crippen LogP contribution in [0.3, 0.4) is 0 Å². The molecule has 0 unspecified atom stereocenters. The summed E-state index contributed by atoms with van der Waals surface area (Å²) in [5.74, 6) is 1.08. The maximum absolute atomic E-state index is 6.02. The van der Waals surface area contributed by atoms with Gasteiger partial charge in [-0.25, -0.2) is 0 Å². The standard InChI is InChI=1S/C11H11Cl2N3/c1-7(2)10-14-15-11(13)16(10)9-5-3-4-8(12)6-9/h3-7H,1-2H3. The van der Waals surface area contributed by atoms with Crippen molar-refractivity contribution in [3.05, 3.63) is 40.4 Å². The summed E-state index contributed by atoms with van der Waals surface area (Å²) in [6.07, 6.45) is 0. The van der Waals surface area contributed by atoms with Crippen LogP contribution in [0, 0.1) is 0 Å². The minimum Gasteiger partial charge on any atom is -0.269 e. The van der Waals surface area contributed by atoms with Crippen LogP contribution in [0.4, 0.5) is 0 Å². The molecule has 1 aromatic carbocycles. The summed E-state index contributed by atoms with van der Waals surface area (Å²) in [5, 5.41) is 8.96. The van der Waals surface area contributed by atoms with E-state index in [9.17, 15) is 0 Å². The van der Waals surface area contributed by atoms with Gasteiger partial charge in [-0.2, -0.15) is 0 Å². The van der Waals surface area contributed by atoms with Gasteiger partial charge >= 0.3 is 0 Å². The van der Waals surface area contributed by atoms with E-state index in [0.29, 0.717) is 10.3 Å². The van der Waals surface area contributed by atoms with Crippen LogP contribution in [-0.4, -0.2) is 14.8 Å². The molecule has 1 aromatic heterocycles. The molecule has 0 aliphatic heterocycles. The molecule has 0 fully saturated rings. The summed E-state index contributed by atoms with van der Waals surface area (Å²) in [7, 11) is 0. The molecular formula is C11H11Cl2N3. The Morgan fingerprint density at radius 2 is 1.94 bits per heavy atom. The normalized spacial score (nSPS) is 11.1. The van der Waals surface area contributed by atoms with E-state index in [1.165, 1.54) is 0 Å². The van der Waals surface area contributed by atoms with Crippen molar-refractivity contribution in [1.29, 1.82) is 0 Å². The molecule has 0 atom stereocenters. The first-order chi connectivity index (χ1) is 7.59. The van der Waals surface area contributed by atoms with Gasteiger partial charge in [-0.15, -0.1) is 10.2 Å². The first-order valence-electron chi connectivity index (χ1n) is 4.96. The minimum absolute atomic E-state index is 0.249. The highest BCUT2D eigenvalue weighted by molar-refractivity contribution is 6.31. The van der Waals surface area contributed by atoms with Crippen molar-refractivity contribution in [3.63, 3.8) is 0 Å². The Labute approximate surface area is 104 Å². The number of hydrogen-bond donors (Lipinski definition) is 0. The van der Waals surface area contributed by atoms with Crippen molar-refractivity contribution in [2.24, 2.45) is 0 Å². The lowest BCUT2D eigenvalue weighted by atomic mass is 10.2. The lowest BCUT2D eigenvalue weighted by molar-refractivity contribution is 0.745. The Hall–Kier alpha value is -1.06. The molecule has 0 radical (unpaired) electrons. The summed E-state index contributed by atoms with van der Waals surface area (Å²) < 4.78 is 1.80. The fraction of sp³-hybridized carbons (Fsp3) is 0.273. The molecule has 3 nitrogen and oxygen atoms in total. The molecule has 5 heteroatoms. The van der Waals surface area contributed by atoms with E-state index in [0.717, 1.165) is 11.5 Å². The third kappa shape index (κ3) is 2.06.